The van der Waals surface area contributed by atoms with E-state index in [0.29, 0.717) is 0 Å². The van der Waals surface area contributed by atoms with Crippen LogP contribution in [0.3, 0.4) is 0 Å². The van der Waals surface area contributed by atoms with Gasteiger partial charge in [-0.3, -0.25) is 0 Å². The predicted molar refractivity (Wildman–Crippen MR) is 205 cm³/mol. The van der Waals surface area contributed by atoms with E-state index in [1.54, 1.807) is 11.3 Å². The Hall–Kier alpha value is -1.24. The van der Waals surface area contributed by atoms with Gasteiger partial charge < -0.3 is 4.98 Å². The molecule has 1 heterocycles. The third kappa shape index (κ3) is 21.3. The third-order valence-corrected chi connectivity index (χ3v) is 10.5. The molecule has 0 saturated heterocycles. The lowest BCUT2D eigenvalue weighted by atomic mass is 9.99. The number of nitrogens with one attached hydrogen (secondary N) is 1. The van der Waals surface area contributed by atoms with E-state index in [2.05, 4.69) is 43.1 Å². The molecule has 45 heavy (non-hydrogen) atoms. The molecule has 1 nitrogen and oxygen atoms in total. The summed E-state index contributed by atoms with van der Waals surface area (Å²) in [6, 6.07) is 9.05. The quantitative estimate of drug-likeness (QED) is 0.0748. The van der Waals surface area contributed by atoms with Gasteiger partial charge in [-0.25, -0.2) is 0 Å². The molecule has 0 atom stereocenters. The maximum Gasteiger partial charge on any atom is 0.0458 e. The van der Waals surface area contributed by atoms with E-state index in [1.165, 1.54) is 229 Å². The summed E-state index contributed by atoms with van der Waals surface area (Å²) < 4.78 is 0. The van der Waals surface area contributed by atoms with Crippen molar-refractivity contribution in [2.24, 2.45) is 0 Å². The van der Waals surface area contributed by atoms with E-state index in [4.69, 9.17) is 0 Å². The topological polar surface area (TPSA) is 15.8 Å². The fourth-order valence-electron chi connectivity index (χ4n) is 7.45. The summed E-state index contributed by atoms with van der Waals surface area (Å²) in [5, 5.41) is 1.49. The Bertz CT molecular complexity index is 878. The largest absolute Gasteiger partial charge is 0.358 e. The molecular weight excluding hydrogens is 542 g/mol. The van der Waals surface area contributed by atoms with Crippen LogP contribution >= 0.6 is 0 Å². The fraction of sp³-hybridized carbons (Fsp3) is 0.818. The summed E-state index contributed by atoms with van der Waals surface area (Å²) in [6.45, 7) is 4.62. The zero-order valence-corrected chi connectivity index (χ0v) is 30.9. The Kier molecular flexibility index (Phi) is 26.7. The van der Waals surface area contributed by atoms with Crippen LogP contribution in [0.5, 0.6) is 0 Å². The van der Waals surface area contributed by atoms with Gasteiger partial charge in [0.2, 0.25) is 0 Å². The van der Waals surface area contributed by atoms with Gasteiger partial charge in [0.25, 0.3) is 0 Å². The molecular formula is C44H79N. The lowest BCUT2D eigenvalue weighted by Gasteiger charge is -2.07. The number of hydrogen-bond donors (Lipinski definition) is 1. The number of rotatable bonds is 34. The van der Waals surface area contributed by atoms with Gasteiger partial charge in [0.05, 0.1) is 0 Å². The fourth-order valence-corrected chi connectivity index (χ4v) is 7.45. The Balaban J connectivity index is 1.45. The summed E-state index contributed by atoms with van der Waals surface area (Å²) >= 11 is 0. The first-order valence-corrected chi connectivity index (χ1v) is 20.9. The monoisotopic (exact) mass is 622 g/mol. The molecule has 1 aromatic heterocycles. The minimum Gasteiger partial charge on any atom is -0.358 e. The second-order valence-electron chi connectivity index (χ2n) is 14.7. The minimum atomic E-state index is 1.24. The lowest BCUT2D eigenvalue weighted by Crippen LogP contribution is -1.94. The van der Waals surface area contributed by atoms with E-state index in [9.17, 15) is 0 Å². The zero-order chi connectivity index (χ0) is 31.9. The molecule has 2 rings (SSSR count). The smallest absolute Gasteiger partial charge is 0.0458 e. The van der Waals surface area contributed by atoms with Crippen molar-refractivity contribution in [3.8, 4) is 0 Å². The van der Waals surface area contributed by atoms with Crippen molar-refractivity contribution >= 4 is 10.9 Å². The predicted octanol–water partition coefficient (Wildman–Crippen LogP) is 15.8. The van der Waals surface area contributed by atoms with Crippen LogP contribution < -0.4 is 0 Å². The molecule has 0 spiro atoms. The van der Waals surface area contributed by atoms with Gasteiger partial charge in [0.15, 0.2) is 0 Å². The molecule has 2 aromatic rings. The highest BCUT2D eigenvalue weighted by atomic mass is 14.7. The van der Waals surface area contributed by atoms with E-state index in [0.717, 1.165) is 0 Å². The second-order valence-corrected chi connectivity index (χ2v) is 14.7. The van der Waals surface area contributed by atoms with Crippen LogP contribution in [0.1, 0.15) is 231 Å². The van der Waals surface area contributed by atoms with Crippen LogP contribution in [0.15, 0.2) is 24.3 Å². The number of aryl methyl sites for hydroxylation is 2. The number of para-hydroxylation sites is 1. The van der Waals surface area contributed by atoms with Gasteiger partial charge >= 0.3 is 0 Å². The van der Waals surface area contributed by atoms with Crippen molar-refractivity contribution in [1.82, 2.24) is 4.98 Å². The van der Waals surface area contributed by atoms with E-state index in [1.807, 2.05) is 0 Å². The number of unbranched alkanes of at least 4 members (excludes halogenated alkanes) is 30. The number of hydrogen-bond acceptors (Lipinski definition) is 0. The van der Waals surface area contributed by atoms with E-state index >= 15 is 0 Å². The minimum absolute atomic E-state index is 1.24. The number of aromatic amines is 1. The SMILES string of the molecule is CCCCCCCCCCCCCCCCCCc1[nH]c2ccccc2c1CCCCCCCCCCCCCCCCCC. The molecule has 0 unspecified atom stereocenters. The first-order chi connectivity index (χ1) is 22.4. The van der Waals surface area contributed by atoms with Gasteiger partial charge in [0.1, 0.15) is 0 Å². The summed E-state index contributed by atoms with van der Waals surface area (Å²) in [4.78, 5) is 3.82. The molecule has 0 radical (unpaired) electrons. The van der Waals surface area contributed by atoms with Crippen molar-refractivity contribution < 1.29 is 0 Å². The highest BCUT2D eigenvalue weighted by molar-refractivity contribution is 5.84. The van der Waals surface area contributed by atoms with Crippen LogP contribution in [0.4, 0.5) is 0 Å². The molecule has 0 fully saturated rings. The number of aromatic nitrogens is 1. The Morgan fingerprint density at radius 1 is 0.356 bits per heavy atom. The lowest BCUT2D eigenvalue weighted by molar-refractivity contribution is 0.528. The highest BCUT2D eigenvalue weighted by Gasteiger charge is 2.11. The molecule has 1 aromatic carbocycles. The van der Waals surface area contributed by atoms with E-state index in [-0.39, 0.29) is 0 Å². The van der Waals surface area contributed by atoms with Gasteiger partial charge in [-0.05, 0) is 37.3 Å². The first-order valence-electron chi connectivity index (χ1n) is 20.9. The molecule has 0 aliphatic carbocycles. The molecule has 1 heteroatoms. The Morgan fingerprint density at radius 3 is 1.04 bits per heavy atom. The molecule has 0 aliphatic rings. The molecule has 260 valence electrons. The number of benzene rings is 1. The molecule has 0 aliphatic heterocycles. The van der Waals surface area contributed by atoms with Crippen molar-refractivity contribution in [2.75, 3.05) is 0 Å². The highest BCUT2D eigenvalue weighted by Crippen LogP contribution is 2.26. The molecule has 0 saturated carbocycles. The van der Waals surface area contributed by atoms with Gasteiger partial charge in [0, 0.05) is 16.6 Å². The number of H-pyrrole nitrogens is 1. The zero-order valence-electron chi connectivity index (χ0n) is 30.9. The summed E-state index contributed by atoms with van der Waals surface area (Å²) in [6.07, 6.45) is 48.6. The molecule has 0 amide bonds. The standard InChI is InChI=1S/C44H79N/c1-3-5-7-9-11-13-15-17-19-21-23-25-27-29-31-33-37-41-42-38-35-36-40-44(42)45-43(41)39-34-32-30-28-26-24-22-20-18-16-14-12-10-8-6-4-2/h35-36,38,40,45H,3-34,37,39H2,1-2H3. The summed E-state index contributed by atoms with van der Waals surface area (Å²) in [7, 11) is 0. The summed E-state index contributed by atoms with van der Waals surface area (Å²) in [5.74, 6) is 0. The first kappa shape index (κ1) is 39.9. The Labute approximate surface area is 282 Å². The maximum absolute atomic E-state index is 3.82. The number of fused-ring (bicyclic) bond motifs is 1. The molecule has 0 bridgehead atoms. The van der Waals surface area contributed by atoms with Crippen molar-refractivity contribution in [3.63, 3.8) is 0 Å². The van der Waals surface area contributed by atoms with Gasteiger partial charge in [-0.2, -0.15) is 0 Å². The van der Waals surface area contributed by atoms with Crippen molar-refractivity contribution in [1.29, 1.82) is 0 Å². The van der Waals surface area contributed by atoms with Crippen LogP contribution in [-0.2, 0) is 12.8 Å². The van der Waals surface area contributed by atoms with Crippen LogP contribution in [0, 0.1) is 0 Å². The third-order valence-electron chi connectivity index (χ3n) is 10.5. The average Bonchev–Trinajstić information content (AvgIpc) is 3.41. The summed E-state index contributed by atoms with van der Waals surface area (Å²) in [5.41, 5.74) is 4.54. The average molecular weight is 622 g/mol. The van der Waals surface area contributed by atoms with Crippen LogP contribution in [0.2, 0.25) is 0 Å². The van der Waals surface area contributed by atoms with Gasteiger partial charge in [-0.1, -0.05) is 225 Å². The Morgan fingerprint density at radius 2 is 0.667 bits per heavy atom. The van der Waals surface area contributed by atoms with Crippen LogP contribution in [-0.4, -0.2) is 4.98 Å². The van der Waals surface area contributed by atoms with Gasteiger partial charge in [-0.15, -0.1) is 0 Å². The molecule has 1 N–H and O–H groups in total. The van der Waals surface area contributed by atoms with Crippen molar-refractivity contribution in [3.05, 3.63) is 35.5 Å². The maximum atomic E-state index is 3.82. The van der Waals surface area contributed by atoms with Crippen molar-refractivity contribution in [2.45, 2.75) is 232 Å². The second kappa shape index (κ2) is 30.1. The normalized spacial score (nSPS) is 11.7. The van der Waals surface area contributed by atoms with Crippen LogP contribution in [0.25, 0.3) is 10.9 Å². The van der Waals surface area contributed by atoms with E-state index < -0.39 is 0 Å².